The average Bonchev–Trinajstić information content (AvgIpc) is 2.43. The Morgan fingerprint density at radius 2 is 2.21 bits per heavy atom. The molecule has 4 heteroatoms. The van der Waals surface area contributed by atoms with E-state index < -0.39 is 11.6 Å². The first-order valence-electron chi connectivity index (χ1n) is 6.90. The van der Waals surface area contributed by atoms with Gasteiger partial charge >= 0.3 is 0 Å². The minimum Gasteiger partial charge on any atom is -0.381 e. The van der Waals surface area contributed by atoms with Gasteiger partial charge in [-0.2, -0.15) is 0 Å². The van der Waals surface area contributed by atoms with Crippen molar-refractivity contribution < 1.29 is 13.5 Å². The van der Waals surface area contributed by atoms with E-state index in [1.165, 1.54) is 12.1 Å². The topological polar surface area (TPSA) is 21.3 Å². The predicted octanol–water partition coefficient (Wildman–Crippen LogP) is 3.35. The van der Waals surface area contributed by atoms with Crippen LogP contribution in [0.5, 0.6) is 0 Å². The summed E-state index contributed by atoms with van der Waals surface area (Å²) in [6, 6.07) is 2.52. The van der Waals surface area contributed by atoms with E-state index in [1.54, 1.807) is 6.92 Å². The normalized spacial score (nSPS) is 21.4. The minimum atomic E-state index is -0.473. The molecule has 0 bridgehead atoms. The summed E-state index contributed by atoms with van der Waals surface area (Å²) in [4.78, 5) is 0. The molecule has 0 aromatic heterocycles. The number of hydrogen-bond donors (Lipinski definition) is 1. The first-order valence-corrected chi connectivity index (χ1v) is 6.90. The van der Waals surface area contributed by atoms with Gasteiger partial charge in [0.1, 0.15) is 11.6 Å². The molecule has 1 fully saturated rings. The number of benzene rings is 1. The summed E-state index contributed by atoms with van der Waals surface area (Å²) in [5.41, 5.74) is 0.647. The maximum absolute atomic E-state index is 14.3. The number of nitrogens with one attached hydrogen (secondary N) is 1. The highest BCUT2D eigenvalue weighted by molar-refractivity contribution is 5.30. The first-order chi connectivity index (χ1) is 9.15. The van der Waals surface area contributed by atoms with Crippen molar-refractivity contribution in [3.63, 3.8) is 0 Å². The van der Waals surface area contributed by atoms with Crippen LogP contribution in [0.2, 0.25) is 0 Å². The lowest BCUT2D eigenvalue weighted by Crippen LogP contribution is -2.34. The highest BCUT2D eigenvalue weighted by Crippen LogP contribution is 2.32. The third kappa shape index (κ3) is 3.12. The predicted molar refractivity (Wildman–Crippen MR) is 71.1 cm³/mol. The molecule has 1 aromatic rings. The first kappa shape index (κ1) is 14.4. The summed E-state index contributed by atoms with van der Waals surface area (Å²) in [5, 5.41) is 3.22. The summed E-state index contributed by atoms with van der Waals surface area (Å²) in [6.07, 6.45) is 1.88. The van der Waals surface area contributed by atoms with E-state index in [0.29, 0.717) is 18.7 Å². The quantitative estimate of drug-likeness (QED) is 0.905. The van der Waals surface area contributed by atoms with Gasteiger partial charge in [-0.3, -0.25) is 0 Å². The molecule has 2 atom stereocenters. The van der Waals surface area contributed by atoms with Crippen LogP contribution in [-0.2, 0) is 4.74 Å². The second kappa shape index (κ2) is 6.44. The Kier molecular flexibility index (Phi) is 4.88. The van der Waals surface area contributed by atoms with Gasteiger partial charge in [-0.15, -0.1) is 0 Å². The molecule has 2 rings (SSSR count). The van der Waals surface area contributed by atoms with Crippen molar-refractivity contribution in [2.45, 2.75) is 32.7 Å². The van der Waals surface area contributed by atoms with Gasteiger partial charge in [-0.1, -0.05) is 13.0 Å². The molecule has 2 unspecified atom stereocenters. The second-order valence-electron chi connectivity index (χ2n) is 5.10. The van der Waals surface area contributed by atoms with Crippen LogP contribution in [0.1, 0.15) is 36.9 Å². The molecule has 1 aromatic carbocycles. The third-order valence-corrected chi connectivity index (χ3v) is 3.72. The fourth-order valence-electron chi connectivity index (χ4n) is 2.72. The number of hydrogen-bond acceptors (Lipinski definition) is 2. The van der Waals surface area contributed by atoms with Crippen molar-refractivity contribution in [3.05, 3.63) is 34.9 Å². The van der Waals surface area contributed by atoms with Crippen molar-refractivity contribution in [1.82, 2.24) is 5.32 Å². The molecule has 19 heavy (non-hydrogen) atoms. The van der Waals surface area contributed by atoms with Gasteiger partial charge in [0.25, 0.3) is 0 Å². The molecule has 0 aliphatic carbocycles. The van der Waals surface area contributed by atoms with Gasteiger partial charge in [0.15, 0.2) is 0 Å². The van der Waals surface area contributed by atoms with Crippen LogP contribution in [0.25, 0.3) is 0 Å². The minimum absolute atomic E-state index is 0.125. The zero-order valence-corrected chi connectivity index (χ0v) is 11.5. The van der Waals surface area contributed by atoms with Crippen LogP contribution in [0.15, 0.2) is 12.1 Å². The van der Waals surface area contributed by atoms with E-state index >= 15 is 0 Å². The molecule has 1 N–H and O–H groups in total. The van der Waals surface area contributed by atoms with Crippen molar-refractivity contribution in [1.29, 1.82) is 0 Å². The van der Waals surface area contributed by atoms with Crippen molar-refractivity contribution in [2.75, 3.05) is 19.8 Å². The molecule has 1 aliphatic heterocycles. The van der Waals surface area contributed by atoms with E-state index in [-0.39, 0.29) is 17.5 Å². The van der Waals surface area contributed by atoms with Gasteiger partial charge in [0, 0.05) is 24.1 Å². The van der Waals surface area contributed by atoms with Crippen LogP contribution < -0.4 is 5.32 Å². The van der Waals surface area contributed by atoms with Gasteiger partial charge < -0.3 is 10.1 Å². The zero-order chi connectivity index (χ0) is 13.8. The van der Waals surface area contributed by atoms with Crippen LogP contribution in [0.3, 0.4) is 0 Å². The molecule has 1 heterocycles. The van der Waals surface area contributed by atoms with Crippen LogP contribution in [0, 0.1) is 24.5 Å². The van der Waals surface area contributed by atoms with Crippen molar-refractivity contribution >= 4 is 0 Å². The number of aryl methyl sites for hydroxylation is 1. The lowest BCUT2D eigenvalue weighted by Gasteiger charge is -2.31. The third-order valence-electron chi connectivity index (χ3n) is 3.72. The molecular weight excluding hydrogens is 248 g/mol. The largest absolute Gasteiger partial charge is 0.381 e. The van der Waals surface area contributed by atoms with Gasteiger partial charge in [0.05, 0.1) is 6.61 Å². The van der Waals surface area contributed by atoms with Crippen LogP contribution >= 0.6 is 0 Å². The zero-order valence-electron chi connectivity index (χ0n) is 11.5. The summed E-state index contributed by atoms with van der Waals surface area (Å²) in [6.45, 7) is 5.59. The Bertz CT molecular complexity index is 430. The molecule has 0 saturated carbocycles. The highest BCUT2D eigenvalue weighted by atomic mass is 19.1. The lowest BCUT2D eigenvalue weighted by atomic mass is 9.87. The summed E-state index contributed by atoms with van der Waals surface area (Å²) < 4.78 is 33.8. The fraction of sp³-hybridized carbons (Fsp3) is 0.600. The van der Waals surface area contributed by atoms with Crippen molar-refractivity contribution in [2.24, 2.45) is 5.92 Å². The standard InChI is InChI=1S/C15H21F2NO/c1-3-18-15(11-5-4-8-19-9-11)13-12(16)7-6-10(2)14(13)17/h6-7,11,15,18H,3-5,8-9H2,1-2H3. The second-order valence-corrected chi connectivity index (χ2v) is 5.10. The molecule has 0 radical (unpaired) electrons. The Hall–Kier alpha value is -1.00. The van der Waals surface area contributed by atoms with Crippen molar-refractivity contribution in [3.8, 4) is 0 Å². The molecule has 1 aliphatic rings. The summed E-state index contributed by atoms with van der Waals surface area (Å²) >= 11 is 0. The van der Waals surface area contributed by atoms with E-state index in [9.17, 15) is 8.78 Å². The Morgan fingerprint density at radius 3 is 2.84 bits per heavy atom. The molecular formula is C15H21F2NO. The summed E-state index contributed by atoms with van der Waals surface area (Å²) in [5.74, 6) is -0.782. The lowest BCUT2D eigenvalue weighted by molar-refractivity contribution is 0.0381. The number of halogens is 2. The Labute approximate surface area is 113 Å². The van der Waals surface area contributed by atoms with Gasteiger partial charge in [-0.05, 0) is 37.9 Å². The van der Waals surface area contributed by atoms with Crippen LogP contribution in [-0.4, -0.2) is 19.8 Å². The van der Waals surface area contributed by atoms with E-state index in [4.69, 9.17) is 4.74 Å². The molecule has 2 nitrogen and oxygen atoms in total. The maximum atomic E-state index is 14.3. The smallest absolute Gasteiger partial charge is 0.133 e. The summed E-state index contributed by atoms with van der Waals surface area (Å²) in [7, 11) is 0. The Balaban J connectivity index is 2.35. The average molecular weight is 269 g/mol. The fourth-order valence-corrected chi connectivity index (χ4v) is 2.72. The highest BCUT2D eigenvalue weighted by Gasteiger charge is 2.29. The number of rotatable bonds is 4. The molecule has 106 valence electrons. The van der Waals surface area contributed by atoms with E-state index in [0.717, 1.165) is 19.4 Å². The van der Waals surface area contributed by atoms with Gasteiger partial charge in [-0.25, -0.2) is 8.78 Å². The maximum Gasteiger partial charge on any atom is 0.133 e. The van der Waals surface area contributed by atoms with E-state index in [1.807, 2.05) is 6.92 Å². The van der Waals surface area contributed by atoms with Gasteiger partial charge in [0.2, 0.25) is 0 Å². The molecule has 0 spiro atoms. The van der Waals surface area contributed by atoms with Crippen LogP contribution in [0.4, 0.5) is 8.78 Å². The number of ether oxygens (including phenoxy) is 1. The molecule has 1 saturated heterocycles. The SMILES string of the molecule is CCNC(c1c(F)ccc(C)c1F)C1CCCOC1. The van der Waals surface area contributed by atoms with E-state index in [2.05, 4.69) is 5.32 Å². The Morgan fingerprint density at radius 1 is 1.42 bits per heavy atom. The monoisotopic (exact) mass is 269 g/mol. The molecule has 0 amide bonds.